The SMILES string of the molecule is CC[C@@H](C(=O)NC1CCCC1)N(Cc1ccc(F)cc1)C(=O)CN(c1ccc(C)c(C)c1)S(C)(=O)=O. The van der Waals surface area contributed by atoms with Crippen LogP contribution >= 0.6 is 0 Å². The number of nitrogens with one attached hydrogen (secondary N) is 1. The van der Waals surface area contributed by atoms with Gasteiger partial charge in [-0.2, -0.15) is 0 Å². The number of nitrogens with zero attached hydrogens (tertiary/aromatic N) is 2. The second kappa shape index (κ2) is 11.9. The van der Waals surface area contributed by atoms with Crippen LogP contribution in [-0.2, 0) is 26.2 Å². The molecule has 0 unspecified atom stereocenters. The lowest BCUT2D eigenvalue weighted by molar-refractivity contribution is -0.140. The normalized spacial score (nSPS) is 14.9. The highest BCUT2D eigenvalue weighted by atomic mass is 32.2. The first-order chi connectivity index (χ1) is 17.0. The number of aryl methyl sites for hydroxylation is 2. The van der Waals surface area contributed by atoms with Crippen LogP contribution in [0.4, 0.5) is 10.1 Å². The lowest BCUT2D eigenvalue weighted by Gasteiger charge is -2.33. The van der Waals surface area contributed by atoms with E-state index in [9.17, 15) is 22.4 Å². The minimum Gasteiger partial charge on any atom is -0.352 e. The predicted molar refractivity (Wildman–Crippen MR) is 140 cm³/mol. The summed E-state index contributed by atoms with van der Waals surface area (Å²) in [5.41, 5.74) is 2.94. The number of amides is 2. The molecule has 0 spiro atoms. The average Bonchev–Trinajstić information content (AvgIpc) is 3.32. The molecule has 0 bridgehead atoms. The van der Waals surface area contributed by atoms with Crippen LogP contribution < -0.4 is 9.62 Å². The lowest BCUT2D eigenvalue weighted by Crippen LogP contribution is -2.53. The van der Waals surface area contributed by atoms with Gasteiger partial charge in [-0.1, -0.05) is 38.0 Å². The lowest BCUT2D eigenvalue weighted by atomic mass is 10.1. The van der Waals surface area contributed by atoms with E-state index < -0.39 is 34.3 Å². The maximum atomic E-state index is 13.7. The van der Waals surface area contributed by atoms with Crippen molar-refractivity contribution in [2.45, 2.75) is 71.5 Å². The van der Waals surface area contributed by atoms with Gasteiger partial charge < -0.3 is 10.2 Å². The number of sulfonamides is 1. The highest BCUT2D eigenvalue weighted by molar-refractivity contribution is 7.92. The zero-order chi connectivity index (χ0) is 26.5. The minimum absolute atomic E-state index is 0.0558. The molecule has 0 saturated heterocycles. The van der Waals surface area contributed by atoms with Crippen molar-refractivity contribution in [1.82, 2.24) is 10.2 Å². The number of carbonyl (C=O) groups excluding carboxylic acids is 2. The molecule has 3 rings (SSSR count). The molecule has 7 nitrogen and oxygen atoms in total. The van der Waals surface area contributed by atoms with Crippen molar-refractivity contribution in [3.05, 3.63) is 65.0 Å². The van der Waals surface area contributed by atoms with Crippen LogP contribution in [0.15, 0.2) is 42.5 Å². The Morgan fingerprint density at radius 3 is 2.25 bits per heavy atom. The van der Waals surface area contributed by atoms with Crippen molar-refractivity contribution in [3.8, 4) is 0 Å². The third-order valence-corrected chi connectivity index (χ3v) is 7.95. The highest BCUT2D eigenvalue weighted by Gasteiger charge is 2.33. The van der Waals surface area contributed by atoms with Gasteiger partial charge in [-0.15, -0.1) is 0 Å². The second-order valence-electron chi connectivity index (χ2n) is 9.60. The van der Waals surface area contributed by atoms with E-state index in [-0.39, 0.29) is 18.5 Å². The van der Waals surface area contributed by atoms with Gasteiger partial charge in [-0.05, 0) is 74.1 Å². The summed E-state index contributed by atoms with van der Waals surface area (Å²) in [6, 6.07) is 10.2. The van der Waals surface area contributed by atoms with Crippen LogP contribution in [0.2, 0.25) is 0 Å². The van der Waals surface area contributed by atoms with E-state index in [0.717, 1.165) is 47.4 Å². The molecule has 1 aliphatic rings. The van der Waals surface area contributed by atoms with Gasteiger partial charge in [-0.3, -0.25) is 13.9 Å². The van der Waals surface area contributed by atoms with Crippen LogP contribution in [0, 0.1) is 19.7 Å². The summed E-state index contributed by atoms with van der Waals surface area (Å²) in [6.07, 6.45) is 5.34. The van der Waals surface area contributed by atoms with Gasteiger partial charge in [-0.25, -0.2) is 12.8 Å². The zero-order valence-corrected chi connectivity index (χ0v) is 22.3. The third-order valence-electron chi connectivity index (χ3n) is 6.81. The summed E-state index contributed by atoms with van der Waals surface area (Å²) in [7, 11) is -3.79. The van der Waals surface area contributed by atoms with E-state index >= 15 is 0 Å². The first-order valence-corrected chi connectivity index (χ1v) is 14.2. The fraction of sp³-hybridized carbons (Fsp3) is 0.481. The van der Waals surface area contributed by atoms with Gasteiger partial charge in [0.1, 0.15) is 18.4 Å². The Bertz CT molecular complexity index is 1180. The standard InChI is InChI=1S/C27H36FN3O4S/c1-5-25(27(33)29-23-8-6-7-9-23)30(17-21-11-13-22(28)14-12-21)26(32)18-31(36(4,34)35)24-15-10-19(2)20(3)16-24/h10-16,23,25H,5-9,17-18H2,1-4H3,(H,29,33)/t25-/m0/s1. The average molecular weight is 518 g/mol. The Hall–Kier alpha value is -2.94. The molecule has 2 aromatic rings. The molecule has 1 saturated carbocycles. The Kier molecular flexibility index (Phi) is 9.11. The van der Waals surface area contributed by atoms with Crippen molar-refractivity contribution >= 4 is 27.5 Å². The fourth-order valence-electron chi connectivity index (χ4n) is 4.57. The van der Waals surface area contributed by atoms with Crippen molar-refractivity contribution in [1.29, 1.82) is 0 Å². The Balaban J connectivity index is 1.92. The van der Waals surface area contributed by atoms with Crippen LogP contribution in [0.3, 0.4) is 0 Å². The molecule has 36 heavy (non-hydrogen) atoms. The van der Waals surface area contributed by atoms with Crippen molar-refractivity contribution < 1.29 is 22.4 Å². The maximum absolute atomic E-state index is 13.7. The molecule has 1 N–H and O–H groups in total. The van der Waals surface area contributed by atoms with E-state index in [1.54, 1.807) is 24.3 Å². The summed E-state index contributed by atoms with van der Waals surface area (Å²) in [5.74, 6) is -1.16. The van der Waals surface area contributed by atoms with Gasteiger partial charge >= 0.3 is 0 Å². The molecule has 1 aliphatic carbocycles. The summed E-state index contributed by atoms with van der Waals surface area (Å²) in [4.78, 5) is 28.4. The summed E-state index contributed by atoms with van der Waals surface area (Å²) in [5, 5.41) is 3.06. The zero-order valence-electron chi connectivity index (χ0n) is 21.5. The summed E-state index contributed by atoms with van der Waals surface area (Å²) in [6.45, 7) is 5.23. The van der Waals surface area contributed by atoms with Crippen LogP contribution in [-0.4, -0.2) is 50.0 Å². The fourth-order valence-corrected chi connectivity index (χ4v) is 5.41. The van der Waals surface area contributed by atoms with Crippen LogP contribution in [0.5, 0.6) is 0 Å². The Labute approximate surface area is 213 Å². The molecular formula is C27H36FN3O4S. The number of rotatable bonds is 10. The van der Waals surface area contributed by atoms with Gasteiger partial charge in [0, 0.05) is 12.6 Å². The number of halogens is 1. The Morgan fingerprint density at radius 1 is 1.06 bits per heavy atom. The highest BCUT2D eigenvalue weighted by Crippen LogP contribution is 2.23. The predicted octanol–water partition coefficient (Wildman–Crippen LogP) is 4.07. The molecule has 2 aromatic carbocycles. The van der Waals surface area contributed by atoms with Gasteiger partial charge in [0.05, 0.1) is 11.9 Å². The topological polar surface area (TPSA) is 86.8 Å². The molecule has 9 heteroatoms. The van der Waals surface area contributed by atoms with Crippen molar-refractivity contribution in [2.75, 3.05) is 17.1 Å². The van der Waals surface area contributed by atoms with Gasteiger partial charge in [0.2, 0.25) is 21.8 Å². The number of hydrogen-bond donors (Lipinski definition) is 1. The molecule has 1 atom stereocenters. The molecule has 0 aromatic heterocycles. The van der Waals surface area contributed by atoms with E-state index in [2.05, 4.69) is 5.32 Å². The minimum atomic E-state index is -3.79. The first kappa shape index (κ1) is 27.6. The summed E-state index contributed by atoms with van der Waals surface area (Å²) >= 11 is 0. The smallest absolute Gasteiger partial charge is 0.244 e. The number of benzene rings is 2. The van der Waals surface area contributed by atoms with Gasteiger partial charge in [0.25, 0.3) is 0 Å². The number of hydrogen-bond acceptors (Lipinski definition) is 4. The molecule has 0 heterocycles. The maximum Gasteiger partial charge on any atom is 0.244 e. The van der Waals surface area contributed by atoms with Crippen LogP contribution in [0.1, 0.15) is 55.7 Å². The first-order valence-electron chi connectivity index (χ1n) is 12.4. The van der Waals surface area contributed by atoms with E-state index in [0.29, 0.717) is 17.7 Å². The summed E-state index contributed by atoms with van der Waals surface area (Å²) < 4.78 is 40.0. The van der Waals surface area contributed by atoms with E-state index in [4.69, 9.17) is 0 Å². The van der Waals surface area contributed by atoms with Crippen molar-refractivity contribution in [3.63, 3.8) is 0 Å². The monoisotopic (exact) mass is 517 g/mol. The molecule has 1 fully saturated rings. The van der Waals surface area contributed by atoms with Crippen molar-refractivity contribution in [2.24, 2.45) is 0 Å². The molecule has 196 valence electrons. The van der Waals surface area contributed by atoms with Gasteiger partial charge in [0.15, 0.2) is 0 Å². The Morgan fingerprint density at radius 2 is 1.69 bits per heavy atom. The van der Waals surface area contributed by atoms with E-state index in [1.807, 2.05) is 26.8 Å². The van der Waals surface area contributed by atoms with Crippen LogP contribution in [0.25, 0.3) is 0 Å². The van der Waals surface area contributed by atoms with E-state index in [1.165, 1.54) is 17.0 Å². The quantitative estimate of drug-likeness (QED) is 0.515. The molecule has 0 radical (unpaired) electrons. The molecule has 2 amide bonds. The molecular weight excluding hydrogens is 481 g/mol. The number of carbonyl (C=O) groups is 2. The third kappa shape index (κ3) is 7.06. The molecule has 0 aliphatic heterocycles. The second-order valence-corrected chi connectivity index (χ2v) is 11.5. The number of anilines is 1. The largest absolute Gasteiger partial charge is 0.352 e.